The van der Waals surface area contributed by atoms with Crippen LogP contribution in [-0.2, 0) is 4.74 Å². The predicted octanol–water partition coefficient (Wildman–Crippen LogP) is -0.0703. The van der Waals surface area contributed by atoms with Crippen molar-refractivity contribution in [1.29, 1.82) is 0 Å². The molecule has 0 saturated carbocycles. The average Bonchev–Trinajstić information content (AvgIpc) is 3.00. The van der Waals surface area contributed by atoms with Gasteiger partial charge in [-0.1, -0.05) is 0 Å². The van der Waals surface area contributed by atoms with Crippen LogP contribution in [0.5, 0.6) is 0 Å². The lowest BCUT2D eigenvalue weighted by Gasteiger charge is -2.31. The normalized spacial score (nSPS) is 30.4. The Morgan fingerprint density at radius 2 is 2.04 bits per heavy atom. The zero-order chi connectivity index (χ0) is 17.0. The number of rotatable bonds is 3. The molecular formula is C11H11F4N5O3. The molecule has 126 valence electrons. The van der Waals surface area contributed by atoms with Crippen molar-refractivity contribution in [2.45, 2.75) is 30.3 Å². The smallest absolute Gasteiger partial charge is 0.314 e. The molecule has 8 nitrogen and oxygen atoms in total. The van der Waals surface area contributed by atoms with Crippen molar-refractivity contribution in [1.82, 2.24) is 19.5 Å². The minimum absolute atomic E-state index is 0.0326. The highest BCUT2D eigenvalue weighted by molar-refractivity contribution is 5.81. The molecule has 2 aromatic heterocycles. The summed E-state index contributed by atoms with van der Waals surface area (Å²) >= 11 is 0. The Morgan fingerprint density at radius 1 is 1.35 bits per heavy atom. The van der Waals surface area contributed by atoms with Crippen LogP contribution < -0.4 is 5.73 Å². The molecule has 1 saturated heterocycles. The van der Waals surface area contributed by atoms with E-state index in [0.717, 1.165) is 17.2 Å². The van der Waals surface area contributed by atoms with E-state index in [1.807, 2.05) is 0 Å². The van der Waals surface area contributed by atoms with Crippen LogP contribution in [0.25, 0.3) is 11.2 Å². The average molecular weight is 337 g/mol. The summed E-state index contributed by atoms with van der Waals surface area (Å²) in [6, 6.07) is 0. The standard InChI is InChI=1S/C11H11F4N5O3/c12-9(13)10(1-21)11(14,15)5(22)8(23-10)20-3-19-4-6(16)17-2-18-7(4)20/h2-3,5,8-9,21-22H,1H2,(H2,16,17,18). The first-order chi connectivity index (χ1) is 10.8. The fraction of sp³-hybridized carbons (Fsp3) is 0.545. The summed E-state index contributed by atoms with van der Waals surface area (Å²) in [5.74, 6) is -4.47. The first kappa shape index (κ1) is 15.8. The number of hydrogen-bond donors (Lipinski definition) is 3. The molecule has 2 aromatic rings. The van der Waals surface area contributed by atoms with E-state index in [9.17, 15) is 22.7 Å². The number of nitrogen functional groups attached to an aromatic ring is 1. The van der Waals surface area contributed by atoms with Gasteiger partial charge in [0.05, 0.1) is 12.9 Å². The molecule has 4 N–H and O–H groups in total. The summed E-state index contributed by atoms with van der Waals surface area (Å²) < 4.78 is 60.0. The van der Waals surface area contributed by atoms with E-state index in [0.29, 0.717) is 0 Å². The SMILES string of the molecule is Nc1ncnc2c1ncn2C1OC(CO)(C(F)F)C(F)(F)C1O. The van der Waals surface area contributed by atoms with Crippen molar-refractivity contribution >= 4 is 17.0 Å². The van der Waals surface area contributed by atoms with Crippen molar-refractivity contribution in [3.05, 3.63) is 12.7 Å². The molecule has 3 atom stereocenters. The molecule has 3 unspecified atom stereocenters. The van der Waals surface area contributed by atoms with Crippen molar-refractivity contribution in [3.63, 3.8) is 0 Å². The second-order valence-corrected chi connectivity index (χ2v) is 5.01. The molecule has 0 aromatic carbocycles. The van der Waals surface area contributed by atoms with Crippen LogP contribution in [0.1, 0.15) is 6.23 Å². The number of ether oxygens (including phenoxy) is 1. The highest BCUT2D eigenvalue weighted by atomic mass is 19.3. The van der Waals surface area contributed by atoms with Crippen LogP contribution >= 0.6 is 0 Å². The zero-order valence-electron chi connectivity index (χ0n) is 11.3. The fourth-order valence-corrected chi connectivity index (χ4v) is 2.46. The molecule has 12 heteroatoms. The maximum atomic E-state index is 14.1. The molecule has 0 bridgehead atoms. The number of nitrogens with zero attached hydrogens (tertiary/aromatic N) is 4. The van der Waals surface area contributed by atoms with Gasteiger partial charge in [-0.05, 0) is 0 Å². The summed E-state index contributed by atoms with van der Waals surface area (Å²) in [5, 5.41) is 18.8. The highest BCUT2D eigenvalue weighted by Gasteiger charge is 2.73. The molecule has 0 radical (unpaired) electrons. The third-order valence-corrected chi connectivity index (χ3v) is 3.79. The van der Waals surface area contributed by atoms with Crippen LogP contribution in [-0.4, -0.2) is 60.4 Å². The number of aliphatic hydroxyl groups is 2. The van der Waals surface area contributed by atoms with E-state index in [4.69, 9.17) is 15.6 Å². The van der Waals surface area contributed by atoms with Crippen LogP contribution in [0, 0.1) is 0 Å². The zero-order valence-corrected chi connectivity index (χ0v) is 11.3. The number of anilines is 1. The van der Waals surface area contributed by atoms with Gasteiger partial charge in [-0.3, -0.25) is 4.57 Å². The number of aliphatic hydroxyl groups excluding tert-OH is 2. The summed E-state index contributed by atoms with van der Waals surface area (Å²) in [6.45, 7) is -1.69. The molecule has 1 aliphatic rings. The monoisotopic (exact) mass is 337 g/mol. The van der Waals surface area contributed by atoms with Crippen molar-refractivity contribution < 1.29 is 32.5 Å². The first-order valence-corrected chi connectivity index (χ1v) is 6.32. The van der Waals surface area contributed by atoms with Gasteiger partial charge >= 0.3 is 5.92 Å². The third kappa shape index (κ3) is 1.91. The van der Waals surface area contributed by atoms with Crippen molar-refractivity contribution in [3.8, 4) is 0 Å². The van der Waals surface area contributed by atoms with E-state index in [2.05, 4.69) is 15.0 Å². The molecule has 3 rings (SSSR count). The van der Waals surface area contributed by atoms with E-state index >= 15 is 0 Å². The van der Waals surface area contributed by atoms with Gasteiger partial charge in [0.15, 0.2) is 23.8 Å². The molecule has 0 amide bonds. The number of imidazole rings is 1. The maximum Gasteiger partial charge on any atom is 0.314 e. The van der Waals surface area contributed by atoms with Gasteiger partial charge in [-0.25, -0.2) is 23.7 Å². The molecule has 1 fully saturated rings. The number of hydrogen-bond acceptors (Lipinski definition) is 7. The largest absolute Gasteiger partial charge is 0.393 e. The Morgan fingerprint density at radius 3 is 2.61 bits per heavy atom. The summed E-state index contributed by atoms with van der Waals surface area (Å²) in [7, 11) is 0. The van der Waals surface area contributed by atoms with Crippen molar-refractivity contribution in [2.75, 3.05) is 12.3 Å². The summed E-state index contributed by atoms with van der Waals surface area (Å²) in [4.78, 5) is 11.2. The van der Waals surface area contributed by atoms with Crippen LogP contribution in [0.15, 0.2) is 12.7 Å². The predicted molar refractivity (Wildman–Crippen MR) is 66.6 cm³/mol. The summed E-state index contributed by atoms with van der Waals surface area (Å²) in [5.41, 5.74) is 1.96. The van der Waals surface area contributed by atoms with E-state index < -0.39 is 36.9 Å². The molecular weight excluding hydrogens is 326 g/mol. The number of halogens is 4. The van der Waals surface area contributed by atoms with Crippen LogP contribution in [0.3, 0.4) is 0 Å². The molecule has 1 aliphatic heterocycles. The minimum atomic E-state index is -4.41. The van der Waals surface area contributed by atoms with E-state index in [-0.39, 0.29) is 17.0 Å². The Hall–Kier alpha value is -2.05. The molecule has 0 aliphatic carbocycles. The Labute approximate surface area is 125 Å². The number of aromatic nitrogens is 4. The Balaban J connectivity index is 2.12. The molecule has 23 heavy (non-hydrogen) atoms. The quantitative estimate of drug-likeness (QED) is 0.671. The Kier molecular flexibility index (Phi) is 3.42. The third-order valence-electron chi connectivity index (χ3n) is 3.79. The minimum Gasteiger partial charge on any atom is -0.393 e. The van der Waals surface area contributed by atoms with Gasteiger partial charge in [0.1, 0.15) is 11.8 Å². The number of nitrogens with two attached hydrogens (primary N) is 1. The lowest BCUT2D eigenvalue weighted by atomic mass is 9.95. The van der Waals surface area contributed by atoms with Crippen molar-refractivity contribution in [2.24, 2.45) is 0 Å². The van der Waals surface area contributed by atoms with Gasteiger partial charge in [0.2, 0.25) is 5.60 Å². The lowest BCUT2D eigenvalue weighted by molar-refractivity contribution is -0.244. The van der Waals surface area contributed by atoms with Gasteiger partial charge in [0.25, 0.3) is 6.43 Å². The first-order valence-electron chi connectivity index (χ1n) is 6.32. The summed E-state index contributed by atoms with van der Waals surface area (Å²) in [6.07, 6.45) is -6.36. The topological polar surface area (TPSA) is 119 Å². The highest BCUT2D eigenvalue weighted by Crippen LogP contribution is 2.51. The van der Waals surface area contributed by atoms with E-state index in [1.54, 1.807) is 0 Å². The van der Waals surface area contributed by atoms with E-state index in [1.165, 1.54) is 0 Å². The maximum absolute atomic E-state index is 14.1. The Bertz CT molecular complexity index is 742. The number of fused-ring (bicyclic) bond motifs is 1. The van der Waals surface area contributed by atoms with Gasteiger partial charge in [0, 0.05) is 0 Å². The molecule has 0 spiro atoms. The lowest BCUT2D eigenvalue weighted by Crippen LogP contribution is -2.57. The van der Waals surface area contributed by atoms with Crippen LogP contribution in [0.4, 0.5) is 23.4 Å². The second kappa shape index (κ2) is 4.97. The van der Waals surface area contributed by atoms with Gasteiger partial charge < -0.3 is 20.7 Å². The fourth-order valence-electron chi connectivity index (χ4n) is 2.46. The molecule has 3 heterocycles. The second-order valence-electron chi connectivity index (χ2n) is 5.01. The van der Waals surface area contributed by atoms with Gasteiger partial charge in [-0.15, -0.1) is 0 Å². The van der Waals surface area contributed by atoms with Gasteiger partial charge in [-0.2, -0.15) is 8.78 Å². The van der Waals surface area contributed by atoms with Crippen LogP contribution in [0.2, 0.25) is 0 Å². The number of alkyl halides is 4.